The van der Waals surface area contributed by atoms with Crippen LogP contribution in [0.4, 0.5) is 0 Å². The number of carbonyl (C=O) groups is 1. The fourth-order valence-electron chi connectivity index (χ4n) is 3.32. The Kier molecular flexibility index (Phi) is 5.64. The van der Waals surface area contributed by atoms with Gasteiger partial charge in [0, 0.05) is 19.6 Å². The Labute approximate surface area is 117 Å². The summed E-state index contributed by atoms with van der Waals surface area (Å²) in [4.78, 5) is 16.6. The maximum atomic E-state index is 12.3. The Bertz CT molecular complexity index is 289. The van der Waals surface area contributed by atoms with Gasteiger partial charge in [0.05, 0.1) is 6.54 Å². The molecule has 0 aromatic rings. The molecule has 0 saturated carbocycles. The SMILES string of the molecule is CC1CCCN(C(=O)CN(C)CC2CCNCC2)C1. The third-order valence-corrected chi connectivity index (χ3v) is 4.44. The van der Waals surface area contributed by atoms with Crippen LogP contribution >= 0.6 is 0 Å². The fraction of sp³-hybridized carbons (Fsp3) is 0.933. The van der Waals surface area contributed by atoms with Gasteiger partial charge in [-0.25, -0.2) is 0 Å². The van der Waals surface area contributed by atoms with E-state index in [2.05, 4.69) is 29.1 Å². The van der Waals surface area contributed by atoms with Crippen molar-refractivity contribution in [2.45, 2.75) is 32.6 Å². The first-order chi connectivity index (χ1) is 9.15. The van der Waals surface area contributed by atoms with E-state index in [1.807, 2.05) is 0 Å². The van der Waals surface area contributed by atoms with E-state index in [9.17, 15) is 4.79 Å². The summed E-state index contributed by atoms with van der Waals surface area (Å²) >= 11 is 0. The predicted octanol–water partition coefficient (Wildman–Crippen LogP) is 1.18. The minimum Gasteiger partial charge on any atom is -0.341 e. The van der Waals surface area contributed by atoms with Crippen molar-refractivity contribution in [3.63, 3.8) is 0 Å². The van der Waals surface area contributed by atoms with Crippen molar-refractivity contribution in [2.75, 3.05) is 46.3 Å². The normalized spacial score (nSPS) is 25.8. The summed E-state index contributed by atoms with van der Waals surface area (Å²) in [6, 6.07) is 0. The number of rotatable bonds is 4. The lowest BCUT2D eigenvalue weighted by Gasteiger charge is -2.33. The number of likely N-dealkylation sites (tertiary alicyclic amines) is 1. The Morgan fingerprint density at radius 3 is 2.74 bits per heavy atom. The minimum absolute atomic E-state index is 0.322. The number of amides is 1. The number of hydrogen-bond acceptors (Lipinski definition) is 3. The third-order valence-electron chi connectivity index (χ3n) is 4.44. The van der Waals surface area contributed by atoms with Crippen molar-refractivity contribution < 1.29 is 4.79 Å². The molecule has 0 radical (unpaired) electrons. The zero-order valence-corrected chi connectivity index (χ0v) is 12.5. The molecular formula is C15H29N3O. The highest BCUT2D eigenvalue weighted by atomic mass is 16.2. The zero-order valence-electron chi connectivity index (χ0n) is 12.5. The molecule has 2 heterocycles. The molecule has 2 aliphatic rings. The number of nitrogens with one attached hydrogen (secondary N) is 1. The second-order valence-electron chi connectivity index (χ2n) is 6.48. The largest absolute Gasteiger partial charge is 0.341 e. The van der Waals surface area contributed by atoms with Crippen LogP contribution in [0, 0.1) is 11.8 Å². The molecule has 2 saturated heterocycles. The lowest BCUT2D eigenvalue weighted by molar-refractivity contribution is -0.133. The number of carbonyl (C=O) groups excluding carboxylic acids is 1. The molecule has 0 bridgehead atoms. The van der Waals surface area contributed by atoms with E-state index in [-0.39, 0.29) is 0 Å². The van der Waals surface area contributed by atoms with Crippen LogP contribution < -0.4 is 5.32 Å². The van der Waals surface area contributed by atoms with Gasteiger partial charge in [0.25, 0.3) is 0 Å². The summed E-state index contributed by atoms with van der Waals surface area (Å²) in [5.41, 5.74) is 0. The molecule has 4 nitrogen and oxygen atoms in total. The van der Waals surface area contributed by atoms with E-state index in [4.69, 9.17) is 0 Å². The minimum atomic E-state index is 0.322. The summed E-state index contributed by atoms with van der Waals surface area (Å²) in [5.74, 6) is 1.76. The number of piperidine rings is 2. The molecule has 1 atom stereocenters. The van der Waals surface area contributed by atoms with E-state index in [1.54, 1.807) is 0 Å². The average Bonchev–Trinajstić information content (AvgIpc) is 2.39. The van der Waals surface area contributed by atoms with Crippen LogP contribution in [0.5, 0.6) is 0 Å². The van der Waals surface area contributed by atoms with E-state index in [1.165, 1.54) is 25.7 Å². The van der Waals surface area contributed by atoms with Gasteiger partial charge in [0.15, 0.2) is 0 Å². The molecule has 1 amide bonds. The van der Waals surface area contributed by atoms with Gasteiger partial charge in [-0.2, -0.15) is 0 Å². The monoisotopic (exact) mass is 267 g/mol. The van der Waals surface area contributed by atoms with E-state index >= 15 is 0 Å². The van der Waals surface area contributed by atoms with Gasteiger partial charge in [-0.15, -0.1) is 0 Å². The summed E-state index contributed by atoms with van der Waals surface area (Å²) < 4.78 is 0. The van der Waals surface area contributed by atoms with Crippen LogP contribution in [0.3, 0.4) is 0 Å². The summed E-state index contributed by atoms with van der Waals surface area (Å²) in [7, 11) is 2.09. The number of nitrogens with zero attached hydrogens (tertiary/aromatic N) is 2. The lowest BCUT2D eigenvalue weighted by Crippen LogP contribution is -2.45. The Hall–Kier alpha value is -0.610. The molecule has 2 rings (SSSR count). The van der Waals surface area contributed by atoms with Crippen molar-refractivity contribution in [1.82, 2.24) is 15.1 Å². The van der Waals surface area contributed by atoms with Crippen molar-refractivity contribution in [3.8, 4) is 0 Å². The van der Waals surface area contributed by atoms with Gasteiger partial charge >= 0.3 is 0 Å². The highest BCUT2D eigenvalue weighted by Crippen LogP contribution is 2.16. The Balaban J connectivity index is 1.71. The van der Waals surface area contributed by atoms with Crippen LogP contribution in [0.2, 0.25) is 0 Å². The van der Waals surface area contributed by atoms with Crippen LogP contribution in [-0.2, 0) is 4.79 Å². The standard InChI is InChI=1S/C15H29N3O/c1-13-4-3-9-18(10-13)15(19)12-17(2)11-14-5-7-16-8-6-14/h13-14,16H,3-12H2,1-2H3. The van der Waals surface area contributed by atoms with Crippen LogP contribution in [0.25, 0.3) is 0 Å². The smallest absolute Gasteiger partial charge is 0.236 e. The van der Waals surface area contributed by atoms with E-state index < -0.39 is 0 Å². The van der Waals surface area contributed by atoms with Gasteiger partial charge in [0.2, 0.25) is 5.91 Å². The highest BCUT2D eigenvalue weighted by Gasteiger charge is 2.22. The third kappa shape index (κ3) is 4.77. The second kappa shape index (κ2) is 7.25. The molecule has 19 heavy (non-hydrogen) atoms. The predicted molar refractivity (Wildman–Crippen MR) is 78.1 cm³/mol. The first-order valence-electron chi connectivity index (χ1n) is 7.82. The van der Waals surface area contributed by atoms with Crippen LogP contribution in [-0.4, -0.2) is 62.0 Å². The number of likely N-dealkylation sites (N-methyl/N-ethyl adjacent to an activating group) is 1. The molecule has 2 fully saturated rings. The van der Waals surface area contributed by atoms with Crippen molar-refractivity contribution >= 4 is 5.91 Å². The maximum absolute atomic E-state index is 12.3. The molecule has 2 aliphatic heterocycles. The van der Waals surface area contributed by atoms with Gasteiger partial charge in [-0.3, -0.25) is 9.69 Å². The highest BCUT2D eigenvalue weighted by molar-refractivity contribution is 5.78. The van der Waals surface area contributed by atoms with Gasteiger partial charge in [-0.05, 0) is 57.7 Å². The first-order valence-corrected chi connectivity index (χ1v) is 7.82. The number of hydrogen-bond donors (Lipinski definition) is 1. The van der Waals surface area contributed by atoms with Gasteiger partial charge in [0.1, 0.15) is 0 Å². The van der Waals surface area contributed by atoms with Crippen molar-refractivity contribution in [3.05, 3.63) is 0 Å². The molecule has 0 aromatic carbocycles. The second-order valence-corrected chi connectivity index (χ2v) is 6.48. The summed E-state index contributed by atoms with van der Waals surface area (Å²) in [5, 5.41) is 3.39. The maximum Gasteiger partial charge on any atom is 0.236 e. The molecule has 0 spiro atoms. The van der Waals surface area contributed by atoms with Crippen LogP contribution in [0.1, 0.15) is 32.6 Å². The molecule has 1 N–H and O–H groups in total. The van der Waals surface area contributed by atoms with Crippen LogP contribution in [0.15, 0.2) is 0 Å². The quantitative estimate of drug-likeness (QED) is 0.831. The van der Waals surface area contributed by atoms with Crippen molar-refractivity contribution in [1.29, 1.82) is 0 Å². The molecular weight excluding hydrogens is 238 g/mol. The molecule has 110 valence electrons. The van der Waals surface area contributed by atoms with Crippen molar-refractivity contribution in [2.24, 2.45) is 11.8 Å². The first kappa shape index (κ1) is 14.8. The average molecular weight is 267 g/mol. The molecule has 1 unspecified atom stereocenters. The molecule has 0 aromatic heterocycles. The molecule has 0 aliphatic carbocycles. The Morgan fingerprint density at radius 2 is 2.05 bits per heavy atom. The Morgan fingerprint density at radius 1 is 1.32 bits per heavy atom. The van der Waals surface area contributed by atoms with Gasteiger partial charge < -0.3 is 10.2 Å². The molecule has 4 heteroatoms. The summed E-state index contributed by atoms with van der Waals surface area (Å²) in [6.45, 7) is 8.10. The van der Waals surface area contributed by atoms with E-state index in [0.29, 0.717) is 18.4 Å². The van der Waals surface area contributed by atoms with E-state index in [0.717, 1.165) is 38.6 Å². The fourth-order valence-corrected chi connectivity index (χ4v) is 3.32. The zero-order chi connectivity index (χ0) is 13.7. The lowest BCUT2D eigenvalue weighted by atomic mass is 9.97. The topological polar surface area (TPSA) is 35.6 Å². The summed E-state index contributed by atoms with van der Waals surface area (Å²) in [6.07, 6.45) is 4.94. The van der Waals surface area contributed by atoms with Gasteiger partial charge in [-0.1, -0.05) is 6.92 Å².